The van der Waals surface area contributed by atoms with Crippen molar-refractivity contribution in [3.63, 3.8) is 0 Å². The second-order valence-electron chi connectivity index (χ2n) is 7.75. The molecular formula is C27H21N3O3. The lowest BCUT2D eigenvalue weighted by atomic mass is 10.1. The van der Waals surface area contributed by atoms with Crippen molar-refractivity contribution in [1.29, 1.82) is 0 Å². The number of hydrogen-bond acceptors (Lipinski definition) is 4. The van der Waals surface area contributed by atoms with Crippen LogP contribution in [-0.2, 0) is 9.53 Å². The summed E-state index contributed by atoms with van der Waals surface area (Å²) in [6.45, 7) is 1.56. The molecule has 1 aromatic heterocycles. The first-order valence-electron chi connectivity index (χ1n) is 10.6. The molecular weight excluding hydrogens is 414 g/mol. The van der Waals surface area contributed by atoms with Crippen LogP contribution < -0.4 is 5.32 Å². The molecule has 33 heavy (non-hydrogen) atoms. The van der Waals surface area contributed by atoms with Crippen molar-refractivity contribution in [2.75, 3.05) is 5.32 Å². The number of nitrogens with one attached hydrogen (secondary N) is 2. The number of H-pyrrole nitrogens is 1. The van der Waals surface area contributed by atoms with E-state index < -0.39 is 18.0 Å². The highest BCUT2D eigenvalue weighted by Crippen LogP contribution is 2.24. The van der Waals surface area contributed by atoms with Gasteiger partial charge in [-0.05, 0) is 36.6 Å². The number of carbonyl (C=O) groups is 2. The molecule has 2 N–H and O–H groups in total. The van der Waals surface area contributed by atoms with Gasteiger partial charge >= 0.3 is 5.97 Å². The van der Waals surface area contributed by atoms with Gasteiger partial charge in [0.15, 0.2) is 6.10 Å². The van der Waals surface area contributed by atoms with Crippen molar-refractivity contribution in [3.8, 4) is 11.4 Å². The van der Waals surface area contributed by atoms with E-state index in [1.807, 2.05) is 72.8 Å². The zero-order valence-corrected chi connectivity index (χ0v) is 17.9. The van der Waals surface area contributed by atoms with Crippen LogP contribution in [0, 0.1) is 0 Å². The molecule has 1 atom stereocenters. The Kier molecular flexibility index (Phi) is 5.32. The van der Waals surface area contributed by atoms with E-state index in [0.717, 1.165) is 33.2 Å². The number of carbonyl (C=O) groups excluding carboxylic acids is 2. The van der Waals surface area contributed by atoms with Gasteiger partial charge < -0.3 is 15.0 Å². The molecule has 1 amide bonds. The van der Waals surface area contributed by atoms with Gasteiger partial charge in [0, 0.05) is 16.6 Å². The first kappa shape index (κ1) is 20.5. The van der Waals surface area contributed by atoms with E-state index >= 15 is 0 Å². The van der Waals surface area contributed by atoms with Gasteiger partial charge in [0.1, 0.15) is 5.82 Å². The molecule has 0 radical (unpaired) electrons. The summed E-state index contributed by atoms with van der Waals surface area (Å²) in [4.78, 5) is 33.2. The predicted octanol–water partition coefficient (Wildman–Crippen LogP) is 5.57. The van der Waals surface area contributed by atoms with Crippen molar-refractivity contribution in [1.82, 2.24) is 9.97 Å². The number of esters is 1. The Hall–Kier alpha value is -4.45. The number of nitrogens with zero attached hydrogens (tertiary/aromatic N) is 1. The lowest BCUT2D eigenvalue weighted by Crippen LogP contribution is -2.30. The highest BCUT2D eigenvalue weighted by atomic mass is 16.5. The fourth-order valence-electron chi connectivity index (χ4n) is 3.72. The molecule has 0 aliphatic heterocycles. The van der Waals surface area contributed by atoms with Gasteiger partial charge in [0.25, 0.3) is 5.91 Å². The second kappa shape index (κ2) is 8.59. The summed E-state index contributed by atoms with van der Waals surface area (Å²) in [5, 5.41) is 4.80. The normalized spacial score (nSPS) is 11.9. The summed E-state index contributed by atoms with van der Waals surface area (Å²) in [5.41, 5.74) is 3.43. The van der Waals surface area contributed by atoms with Gasteiger partial charge in [0.2, 0.25) is 0 Å². The van der Waals surface area contributed by atoms with Crippen LogP contribution in [0.3, 0.4) is 0 Å². The number of rotatable bonds is 5. The predicted molar refractivity (Wildman–Crippen MR) is 129 cm³/mol. The maximum atomic E-state index is 12.7. The van der Waals surface area contributed by atoms with Crippen molar-refractivity contribution in [3.05, 3.63) is 96.6 Å². The summed E-state index contributed by atoms with van der Waals surface area (Å²) in [6, 6.07) is 28.3. The van der Waals surface area contributed by atoms with E-state index in [0.29, 0.717) is 11.3 Å². The zero-order valence-electron chi connectivity index (χ0n) is 17.9. The quantitative estimate of drug-likeness (QED) is 0.354. The average molecular weight is 435 g/mol. The molecule has 0 saturated heterocycles. The molecule has 0 bridgehead atoms. The minimum Gasteiger partial charge on any atom is -0.449 e. The first-order valence-corrected chi connectivity index (χ1v) is 10.6. The summed E-state index contributed by atoms with van der Waals surface area (Å²) in [6.07, 6.45) is -0.964. The van der Waals surface area contributed by atoms with Crippen LogP contribution in [0.5, 0.6) is 0 Å². The Labute approximate surface area is 190 Å². The minimum absolute atomic E-state index is 0.343. The molecule has 0 saturated carbocycles. The van der Waals surface area contributed by atoms with Crippen LogP contribution in [0.25, 0.3) is 33.2 Å². The number of benzene rings is 4. The van der Waals surface area contributed by atoms with E-state index in [-0.39, 0.29) is 0 Å². The topological polar surface area (TPSA) is 84.1 Å². The van der Waals surface area contributed by atoms with Crippen LogP contribution in [0.4, 0.5) is 5.69 Å². The third kappa shape index (κ3) is 4.19. The van der Waals surface area contributed by atoms with Crippen molar-refractivity contribution in [2.24, 2.45) is 0 Å². The number of fused-ring (bicyclic) bond motifs is 2. The van der Waals surface area contributed by atoms with E-state index in [9.17, 15) is 9.59 Å². The molecule has 1 heterocycles. The van der Waals surface area contributed by atoms with Crippen molar-refractivity contribution < 1.29 is 14.3 Å². The SMILES string of the molecule is CC(OC(=O)c1ccc2nc(-c3ccccc3)[nH]c2c1)C(=O)Nc1cccc2ccccc12. The molecule has 6 heteroatoms. The third-order valence-corrected chi connectivity index (χ3v) is 5.47. The van der Waals surface area contributed by atoms with Crippen LogP contribution >= 0.6 is 0 Å². The van der Waals surface area contributed by atoms with Crippen molar-refractivity contribution >= 4 is 39.4 Å². The van der Waals surface area contributed by atoms with E-state index in [1.165, 1.54) is 0 Å². The minimum atomic E-state index is -0.964. The highest BCUT2D eigenvalue weighted by Gasteiger charge is 2.20. The summed E-state index contributed by atoms with van der Waals surface area (Å²) < 4.78 is 5.44. The summed E-state index contributed by atoms with van der Waals surface area (Å²) >= 11 is 0. The molecule has 0 fully saturated rings. The smallest absolute Gasteiger partial charge is 0.338 e. The number of hydrogen-bond donors (Lipinski definition) is 2. The third-order valence-electron chi connectivity index (χ3n) is 5.47. The lowest BCUT2D eigenvalue weighted by molar-refractivity contribution is -0.123. The number of aromatic nitrogens is 2. The molecule has 6 nitrogen and oxygen atoms in total. The maximum absolute atomic E-state index is 12.7. The van der Waals surface area contributed by atoms with Crippen LogP contribution in [0.15, 0.2) is 91.0 Å². The number of aromatic amines is 1. The molecule has 0 aliphatic rings. The lowest BCUT2D eigenvalue weighted by Gasteiger charge is -2.15. The molecule has 4 aromatic carbocycles. The Bertz CT molecular complexity index is 1470. The summed E-state index contributed by atoms with van der Waals surface area (Å²) in [5.74, 6) is -0.249. The standard InChI is InChI=1S/C27H21N3O3/c1-17(26(31)30-22-13-7-11-18-8-5-6-12-21(18)22)33-27(32)20-14-15-23-24(16-20)29-25(28-23)19-9-3-2-4-10-19/h2-17H,1H3,(H,28,29)(H,30,31). The second-order valence-corrected chi connectivity index (χ2v) is 7.75. The van der Waals surface area contributed by atoms with Gasteiger partial charge in [0.05, 0.1) is 16.6 Å². The van der Waals surface area contributed by atoms with Gasteiger partial charge in [-0.15, -0.1) is 0 Å². The Morgan fingerprint density at radius 3 is 2.52 bits per heavy atom. The van der Waals surface area contributed by atoms with Gasteiger partial charge in [-0.1, -0.05) is 66.7 Å². The van der Waals surface area contributed by atoms with Crippen LogP contribution in [-0.4, -0.2) is 27.9 Å². The highest BCUT2D eigenvalue weighted by molar-refractivity contribution is 6.04. The Morgan fingerprint density at radius 2 is 1.67 bits per heavy atom. The van der Waals surface area contributed by atoms with Crippen LogP contribution in [0.1, 0.15) is 17.3 Å². The molecule has 0 aliphatic carbocycles. The number of ether oxygens (including phenoxy) is 1. The zero-order chi connectivity index (χ0) is 22.8. The summed E-state index contributed by atoms with van der Waals surface area (Å²) in [7, 11) is 0. The Morgan fingerprint density at radius 1 is 0.909 bits per heavy atom. The fourth-order valence-corrected chi connectivity index (χ4v) is 3.72. The van der Waals surface area contributed by atoms with Gasteiger partial charge in [-0.2, -0.15) is 0 Å². The number of anilines is 1. The first-order chi connectivity index (χ1) is 16.1. The monoisotopic (exact) mass is 435 g/mol. The Balaban J connectivity index is 1.30. The molecule has 162 valence electrons. The van der Waals surface area contributed by atoms with Gasteiger partial charge in [-0.25, -0.2) is 9.78 Å². The molecule has 5 aromatic rings. The average Bonchev–Trinajstić information content (AvgIpc) is 3.28. The van der Waals surface area contributed by atoms with E-state index in [4.69, 9.17) is 4.74 Å². The van der Waals surface area contributed by atoms with Gasteiger partial charge in [-0.3, -0.25) is 4.79 Å². The fraction of sp³-hybridized carbons (Fsp3) is 0.0741. The largest absolute Gasteiger partial charge is 0.449 e. The van der Waals surface area contributed by atoms with Crippen LogP contribution in [0.2, 0.25) is 0 Å². The maximum Gasteiger partial charge on any atom is 0.338 e. The number of amides is 1. The van der Waals surface area contributed by atoms with E-state index in [1.54, 1.807) is 25.1 Å². The molecule has 0 spiro atoms. The van der Waals surface area contributed by atoms with Crippen molar-refractivity contribution in [2.45, 2.75) is 13.0 Å². The molecule has 5 rings (SSSR count). The van der Waals surface area contributed by atoms with E-state index in [2.05, 4.69) is 15.3 Å². The number of imidazole rings is 1. The molecule has 1 unspecified atom stereocenters.